The van der Waals surface area contributed by atoms with Crippen LogP contribution in [0.1, 0.15) is 112 Å². The Morgan fingerprint density at radius 2 is 1.84 bits per heavy atom. The molecule has 1 N–H and O–H groups in total. The van der Waals surface area contributed by atoms with Crippen LogP contribution in [0.2, 0.25) is 0 Å². The summed E-state index contributed by atoms with van der Waals surface area (Å²) >= 11 is 0. The molecule has 8 atom stereocenters. The monoisotopic (exact) mass is 427 g/mol. The highest BCUT2D eigenvalue weighted by molar-refractivity contribution is 5.73. The lowest BCUT2D eigenvalue weighted by Gasteiger charge is -2.58. The molecule has 2 heteroatoms. The van der Waals surface area contributed by atoms with E-state index in [-0.39, 0.29) is 5.91 Å². The minimum absolute atomic E-state index is 0.135. The average molecular weight is 428 g/mol. The largest absolute Gasteiger partial charge is 0.353 e. The Kier molecular flexibility index (Phi) is 6.68. The standard InChI is InChI=1S/C29H49NO/c1-19(2)8-7-9-20(3)25-12-13-26-24-11-10-22-18-23(30-21(4)31)14-16-28(22,5)27(24)15-17-29(25,26)6/h10,19-20,23-27H,7-9,11-18H2,1-6H3,(H,30,31). The summed E-state index contributed by atoms with van der Waals surface area (Å²) in [5, 5.41) is 3.21. The predicted octanol–water partition coefficient (Wildman–Crippen LogP) is 7.53. The van der Waals surface area contributed by atoms with Crippen LogP contribution in [0.4, 0.5) is 0 Å². The first-order chi connectivity index (χ1) is 14.6. The van der Waals surface area contributed by atoms with Crippen molar-refractivity contribution in [3.8, 4) is 0 Å². The summed E-state index contributed by atoms with van der Waals surface area (Å²) in [6, 6.07) is 0.366. The first-order valence-corrected chi connectivity index (χ1v) is 13.6. The van der Waals surface area contributed by atoms with Crippen LogP contribution in [0.3, 0.4) is 0 Å². The van der Waals surface area contributed by atoms with Gasteiger partial charge in [0.15, 0.2) is 0 Å². The Morgan fingerprint density at radius 3 is 2.55 bits per heavy atom. The quantitative estimate of drug-likeness (QED) is 0.436. The van der Waals surface area contributed by atoms with Crippen LogP contribution in [0, 0.1) is 46.3 Å². The molecule has 176 valence electrons. The fraction of sp³-hybridized carbons (Fsp3) is 0.897. The lowest BCUT2D eigenvalue weighted by molar-refractivity contribution is -0.120. The zero-order valence-electron chi connectivity index (χ0n) is 21.3. The zero-order chi connectivity index (χ0) is 22.4. The van der Waals surface area contributed by atoms with E-state index in [9.17, 15) is 4.79 Å². The Balaban J connectivity index is 1.47. The molecule has 0 spiro atoms. The van der Waals surface area contributed by atoms with Crippen molar-refractivity contribution >= 4 is 5.91 Å². The van der Waals surface area contributed by atoms with Gasteiger partial charge in [0.1, 0.15) is 0 Å². The number of hydrogen-bond donors (Lipinski definition) is 1. The molecule has 0 aromatic heterocycles. The lowest BCUT2D eigenvalue weighted by atomic mass is 9.47. The SMILES string of the molecule is CC(=O)NC1CCC2(C)C(=CCC3C2CCC2(C)C(C(C)CCCC(C)C)CCC32)C1. The molecule has 31 heavy (non-hydrogen) atoms. The molecule has 0 aromatic carbocycles. The summed E-state index contributed by atoms with van der Waals surface area (Å²) in [6.07, 6.45) is 17.6. The van der Waals surface area contributed by atoms with Crippen molar-refractivity contribution in [1.29, 1.82) is 0 Å². The Morgan fingerprint density at radius 1 is 1.06 bits per heavy atom. The Hall–Kier alpha value is -0.790. The normalized spacial score (nSPS) is 42.9. The number of nitrogens with one attached hydrogen (secondary N) is 1. The van der Waals surface area contributed by atoms with Gasteiger partial charge in [0, 0.05) is 13.0 Å². The summed E-state index contributed by atoms with van der Waals surface area (Å²) in [5.41, 5.74) is 2.65. The van der Waals surface area contributed by atoms with E-state index in [1.165, 1.54) is 57.8 Å². The number of allylic oxidation sites excluding steroid dienone is 1. The van der Waals surface area contributed by atoms with Crippen LogP contribution in [0.25, 0.3) is 0 Å². The molecule has 4 aliphatic carbocycles. The number of fused-ring (bicyclic) bond motifs is 5. The van der Waals surface area contributed by atoms with E-state index in [1.54, 1.807) is 12.5 Å². The van der Waals surface area contributed by atoms with Crippen molar-refractivity contribution in [1.82, 2.24) is 5.32 Å². The lowest BCUT2D eigenvalue weighted by Crippen LogP contribution is -2.52. The molecular formula is C29H49NO. The highest BCUT2D eigenvalue weighted by Gasteiger charge is 2.59. The van der Waals surface area contributed by atoms with Crippen molar-refractivity contribution in [2.45, 2.75) is 118 Å². The van der Waals surface area contributed by atoms with Crippen LogP contribution >= 0.6 is 0 Å². The molecule has 0 saturated heterocycles. The molecule has 3 fully saturated rings. The van der Waals surface area contributed by atoms with Crippen LogP contribution < -0.4 is 5.32 Å². The highest BCUT2D eigenvalue weighted by atomic mass is 16.1. The topological polar surface area (TPSA) is 29.1 Å². The van der Waals surface area contributed by atoms with Crippen molar-refractivity contribution in [2.24, 2.45) is 46.3 Å². The molecule has 8 unspecified atom stereocenters. The molecule has 3 saturated carbocycles. The maximum Gasteiger partial charge on any atom is 0.217 e. The zero-order valence-corrected chi connectivity index (χ0v) is 21.3. The minimum Gasteiger partial charge on any atom is -0.353 e. The molecule has 2 nitrogen and oxygen atoms in total. The molecule has 1 amide bonds. The smallest absolute Gasteiger partial charge is 0.217 e. The third-order valence-corrected chi connectivity index (χ3v) is 10.7. The summed E-state index contributed by atoms with van der Waals surface area (Å²) in [4.78, 5) is 11.6. The number of carbonyl (C=O) groups is 1. The first kappa shape index (κ1) is 23.4. The van der Waals surface area contributed by atoms with Gasteiger partial charge in [-0.3, -0.25) is 4.79 Å². The summed E-state index contributed by atoms with van der Waals surface area (Å²) in [7, 11) is 0. The Bertz CT molecular complexity index is 695. The van der Waals surface area contributed by atoms with Gasteiger partial charge in [-0.05, 0) is 97.7 Å². The summed E-state index contributed by atoms with van der Waals surface area (Å²) in [6.45, 7) is 14.3. The molecular weight excluding hydrogens is 378 g/mol. The van der Waals surface area contributed by atoms with Gasteiger partial charge < -0.3 is 5.32 Å². The van der Waals surface area contributed by atoms with Gasteiger partial charge in [0.2, 0.25) is 5.91 Å². The first-order valence-electron chi connectivity index (χ1n) is 13.6. The van der Waals surface area contributed by atoms with Gasteiger partial charge in [-0.15, -0.1) is 0 Å². The van der Waals surface area contributed by atoms with E-state index in [0.717, 1.165) is 48.3 Å². The van der Waals surface area contributed by atoms with Gasteiger partial charge in [0.25, 0.3) is 0 Å². The van der Waals surface area contributed by atoms with E-state index in [1.807, 2.05) is 0 Å². The molecule has 0 aromatic rings. The second-order valence-electron chi connectivity index (χ2n) is 12.9. The minimum atomic E-state index is 0.135. The van der Waals surface area contributed by atoms with Crippen molar-refractivity contribution in [2.75, 3.05) is 0 Å². The number of amides is 1. The van der Waals surface area contributed by atoms with Crippen LogP contribution in [-0.4, -0.2) is 11.9 Å². The second kappa shape index (κ2) is 8.86. The number of hydrogen-bond acceptors (Lipinski definition) is 1. The molecule has 0 heterocycles. The summed E-state index contributed by atoms with van der Waals surface area (Å²) in [5.74, 6) is 5.53. The van der Waals surface area contributed by atoms with E-state index in [4.69, 9.17) is 0 Å². The molecule has 4 aliphatic rings. The third-order valence-electron chi connectivity index (χ3n) is 10.7. The van der Waals surface area contributed by atoms with E-state index in [0.29, 0.717) is 16.9 Å². The van der Waals surface area contributed by atoms with Crippen molar-refractivity contribution in [3.63, 3.8) is 0 Å². The molecule has 0 bridgehead atoms. The van der Waals surface area contributed by atoms with Crippen LogP contribution in [0.5, 0.6) is 0 Å². The van der Waals surface area contributed by atoms with Crippen LogP contribution in [0.15, 0.2) is 11.6 Å². The fourth-order valence-corrected chi connectivity index (χ4v) is 9.10. The van der Waals surface area contributed by atoms with E-state index in [2.05, 4.69) is 46.0 Å². The maximum atomic E-state index is 11.6. The second-order valence-corrected chi connectivity index (χ2v) is 12.9. The van der Waals surface area contributed by atoms with Crippen molar-refractivity contribution < 1.29 is 4.79 Å². The van der Waals surface area contributed by atoms with E-state index >= 15 is 0 Å². The molecule has 0 radical (unpaired) electrons. The number of carbonyl (C=O) groups excluding carboxylic acids is 1. The highest BCUT2D eigenvalue weighted by Crippen LogP contribution is 2.67. The molecule has 4 rings (SSSR count). The number of rotatable bonds is 6. The summed E-state index contributed by atoms with van der Waals surface area (Å²) < 4.78 is 0. The van der Waals surface area contributed by atoms with E-state index < -0.39 is 0 Å². The van der Waals surface area contributed by atoms with Crippen molar-refractivity contribution in [3.05, 3.63) is 11.6 Å². The van der Waals surface area contributed by atoms with Gasteiger partial charge in [-0.2, -0.15) is 0 Å². The third kappa shape index (κ3) is 4.26. The fourth-order valence-electron chi connectivity index (χ4n) is 9.10. The van der Waals surface area contributed by atoms with Gasteiger partial charge in [0.05, 0.1) is 0 Å². The average Bonchev–Trinajstić information content (AvgIpc) is 3.05. The van der Waals surface area contributed by atoms with Crippen LogP contribution in [-0.2, 0) is 4.79 Å². The maximum absolute atomic E-state index is 11.6. The van der Waals surface area contributed by atoms with Gasteiger partial charge >= 0.3 is 0 Å². The molecule has 0 aliphatic heterocycles. The van der Waals surface area contributed by atoms with Gasteiger partial charge in [-0.1, -0.05) is 65.5 Å². The predicted molar refractivity (Wildman–Crippen MR) is 131 cm³/mol. The Labute approximate surface area is 192 Å². The van der Waals surface area contributed by atoms with Gasteiger partial charge in [-0.25, -0.2) is 0 Å².